The molecule has 0 spiro atoms. The lowest BCUT2D eigenvalue weighted by molar-refractivity contribution is -0.130. The number of aromatic nitrogens is 1. The standard InChI is InChI=1S/C39H58N4O10/c1-25(2)28(18-27-13-14-32(49-8)34(19-27)50-17-11-16-48-7)20-31-33(21-29(26(3)4)35(44)42-22-39(5,6)37(40)46)51-23-43(31)38(47)53-24-52-36(45)30-12-9-10-15-41-30/h9-10,12-15,19,25-26,28-29,31,33H,11,16-18,20-24H2,1-8H3,(H2,40,46)(H,42,44)/t28-,29-,31?,33?/m0/s1. The quantitative estimate of drug-likeness (QED) is 0.100. The largest absolute Gasteiger partial charge is 0.493 e. The molecule has 1 saturated heterocycles. The molecule has 4 atom stereocenters. The predicted molar refractivity (Wildman–Crippen MR) is 197 cm³/mol. The fraction of sp³-hybridized carbons (Fsp3) is 0.615. The Hall–Kier alpha value is -4.43. The first kappa shape index (κ1) is 43.0. The van der Waals surface area contributed by atoms with Gasteiger partial charge in [-0.2, -0.15) is 0 Å². The Morgan fingerprint density at radius 2 is 1.75 bits per heavy atom. The van der Waals surface area contributed by atoms with E-state index in [1.54, 1.807) is 40.2 Å². The van der Waals surface area contributed by atoms with Crippen molar-refractivity contribution in [3.05, 3.63) is 53.9 Å². The maximum Gasteiger partial charge on any atom is 0.414 e. The third-order valence-corrected chi connectivity index (χ3v) is 9.70. The molecule has 294 valence electrons. The van der Waals surface area contributed by atoms with Gasteiger partial charge < -0.3 is 39.5 Å². The minimum Gasteiger partial charge on any atom is -0.493 e. The molecular formula is C39H58N4O10. The number of nitrogens with two attached hydrogens (primary N) is 1. The zero-order valence-corrected chi connectivity index (χ0v) is 32.4. The summed E-state index contributed by atoms with van der Waals surface area (Å²) in [6, 6.07) is 10.2. The van der Waals surface area contributed by atoms with Crippen LogP contribution < -0.4 is 20.5 Å². The van der Waals surface area contributed by atoms with Gasteiger partial charge in [0.05, 0.1) is 31.3 Å². The second-order valence-corrected chi connectivity index (χ2v) is 14.7. The van der Waals surface area contributed by atoms with Gasteiger partial charge in [0, 0.05) is 38.8 Å². The van der Waals surface area contributed by atoms with Crippen LogP contribution in [-0.4, -0.2) is 93.4 Å². The van der Waals surface area contributed by atoms with Crippen LogP contribution in [0.2, 0.25) is 0 Å². The number of amides is 3. The van der Waals surface area contributed by atoms with E-state index in [4.69, 9.17) is 34.2 Å². The highest BCUT2D eigenvalue weighted by Crippen LogP contribution is 2.36. The fourth-order valence-electron chi connectivity index (χ4n) is 6.06. The number of nitrogens with one attached hydrogen (secondary N) is 1. The van der Waals surface area contributed by atoms with Crippen molar-refractivity contribution in [2.24, 2.45) is 34.8 Å². The molecule has 2 heterocycles. The van der Waals surface area contributed by atoms with Crippen LogP contribution in [0.5, 0.6) is 11.5 Å². The topological polar surface area (TPSA) is 178 Å². The average Bonchev–Trinajstić information content (AvgIpc) is 3.53. The summed E-state index contributed by atoms with van der Waals surface area (Å²) in [7, 11) is 3.25. The van der Waals surface area contributed by atoms with E-state index in [0.717, 1.165) is 12.0 Å². The number of carbonyl (C=O) groups is 4. The van der Waals surface area contributed by atoms with Crippen molar-refractivity contribution < 1.29 is 47.6 Å². The minimum atomic E-state index is -0.926. The molecule has 1 fully saturated rings. The molecule has 3 N–H and O–H groups in total. The van der Waals surface area contributed by atoms with E-state index in [-0.39, 0.29) is 42.6 Å². The zero-order chi connectivity index (χ0) is 39.1. The van der Waals surface area contributed by atoms with Crippen LogP contribution in [0, 0.1) is 29.1 Å². The van der Waals surface area contributed by atoms with Gasteiger partial charge in [-0.15, -0.1) is 0 Å². The normalized spacial score (nSPS) is 17.0. The highest BCUT2D eigenvalue weighted by Gasteiger charge is 2.43. The zero-order valence-electron chi connectivity index (χ0n) is 32.4. The monoisotopic (exact) mass is 742 g/mol. The second-order valence-electron chi connectivity index (χ2n) is 14.7. The van der Waals surface area contributed by atoms with Crippen LogP contribution in [0.3, 0.4) is 0 Å². The Balaban J connectivity index is 1.84. The molecule has 1 aromatic carbocycles. The predicted octanol–water partition coefficient (Wildman–Crippen LogP) is 4.98. The van der Waals surface area contributed by atoms with Crippen molar-refractivity contribution in [1.29, 1.82) is 0 Å². The molecule has 0 radical (unpaired) electrons. The Labute approximate surface area is 313 Å². The smallest absolute Gasteiger partial charge is 0.414 e. The first-order valence-electron chi connectivity index (χ1n) is 18.2. The molecule has 2 aromatic rings. The molecule has 1 aliphatic heterocycles. The number of esters is 1. The van der Waals surface area contributed by atoms with Gasteiger partial charge in [-0.05, 0) is 80.7 Å². The molecular weight excluding hydrogens is 684 g/mol. The number of rotatable bonds is 21. The van der Waals surface area contributed by atoms with Crippen molar-refractivity contribution >= 4 is 23.9 Å². The number of ether oxygens (including phenoxy) is 6. The molecule has 14 heteroatoms. The molecule has 53 heavy (non-hydrogen) atoms. The van der Waals surface area contributed by atoms with E-state index in [1.165, 1.54) is 17.2 Å². The molecule has 0 saturated carbocycles. The summed E-state index contributed by atoms with van der Waals surface area (Å²) < 4.78 is 33.6. The molecule has 14 nitrogen and oxygen atoms in total. The Kier molecular flexibility index (Phi) is 16.8. The second kappa shape index (κ2) is 20.7. The van der Waals surface area contributed by atoms with Crippen LogP contribution in [0.15, 0.2) is 42.6 Å². The van der Waals surface area contributed by atoms with Gasteiger partial charge in [0.25, 0.3) is 0 Å². The summed E-state index contributed by atoms with van der Waals surface area (Å²) in [5.74, 6) is -0.496. The Morgan fingerprint density at radius 1 is 1.00 bits per heavy atom. The van der Waals surface area contributed by atoms with Crippen LogP contribution >= 0.6 is 0 Å². The third kappa shape index (κ3) is 12.9. The van der Waals surface area contributed by atoms with E-state index in [1.807, 2.05) is 32.0 Å². The number of primary amides is 1. The van der Waals surface area contributed by atoms with Crippen LogP contribution in [0.4, 0.5) is 4.79 Å². The van der Waals surface area contributed by atoms with Gasteiger partial charge in [0.1, 0.15) is 12.4 Å². The summed E-state index contributed by atoms with van der Waals surface area (Å²) >= 11 is 0. The fourth-order valence-corrected chi connectivity index (χ4v) is 6.06. The summed E-state index contributed by atoms with van der Waals surface area (Å²) in [6.45, 7) is 12.0. The number of carbonyl (C=O) groups excluding carboxylic acids is 4. The van der Waals surface area contributed by atoms with Gasteiger partial charge in [-0.1, -0.05) is 39.8 Å². The summed E-state index contributed by atoms with van der Waals surface area (Å²) in [5, 5.41) is 2.91. The lowest BCUT2D eigenvalue weighted by Crippen LogP contribution is -2.47. The van der Waals surface area contributed by atoms with Crippen molar-refractivity contribution in [1.82, 2.24) is 15.2 Å². The Bertz CT molecular complexity index is 1490. The molecule has 2 unspecified atom stereocenters. The van der Waals surface area contributed by atoms with Crippen LogP contribution in [-0.2, 0) is 35.0 Å². The van der Waals surface area contributed by atoms with Gasteiger partial charge in [0.15, 0.2) is 11.5 Å². The van der Waals surface area contributed by atoms with Gasteiger partial charge in [-0.25, -0.2) is 14.6 Å². The van der Waals surface area contributed by atoms with E-state index in [9.17, 15) is 19.2 Å². The maximum atomic E-state index is 13.6. The number of nitrogens with zero attached hydrogens (tertiary/aromatic N) is 2. The first-order chi connectivity index (χ1) is 25.2. The highest BCUT2D eigenvalue weighted by atomic mass is 16.7. The molecule has 0 bridgehead atoms. The Morgan fingerprint density at radius 3 is 2.38 bits per heavy atom. The number of benzene rings is 1. The average molecular weight is 743 g/mol. The van der Waals surface area contributed by atoms with Gasteiger partial charge >= 0.3 is 12.1 Å². The number of pyridine rings is 1. The lowest BCUT2D eigenvalue weighted by atomic mass is 9.80. The summed E-state index contributed by atoms with van der Waals surface area (Å²) in [5.41, 5.74) is 5.74. The molecule has 3 amide bonds. The third-order valence-electron chi connectivity index (χ3n) is 9.70. The van der Waals surface area contributed by atoms with Crippen molar-refractivity contribution in [3.8, 4) is 11.5 Å². The van der Waals surface area contributed by atoms with E-state index in [0.29, 0.717) is 44.0 Å². The van der Waals surface area contributed by atoms with E-state index in [2.05, 4.69) is 24.1 Å². The molecule has 1 aromatic heterocycles. The van der Waals surface area contributed by atoms with Crippen molar-refractivity contribution in [2.45, 2.75) is 79.4 Å². The van der Waals surface area contributed by atoms with Crippen molar-refractivity contribution in [2.75, 3.05) is 47.5 Å². The molecule has 1 aliphatic rings. The van der Waals surface area contributed by atoms with Crippen LogP contribution in [0.1, 0.15) is 76.9 Å². The molecule has 3 rings (SSSR count). The maximum absolute atomic E-state index is 13.6. The number of methoxy groups -OCH3 is 2. The van der Waals surface area contributed by atoms with E-state index < -0.39 is 48.2 Å². The highest BCUT2D eigenvalue weighted by molar-refractivity contribution is 5.87. The summed E-state index contributed by atoms with van der Waals surface area (Å²) in [4.78, 5) is 56.9. The van der Waals surface area contributed by atoms with Gasteiger partial charge in [-0.3, -0.25) is 14.5 Å². The number of hydrogen-bond acceptors (Lipinski definition) is 11. The first-order valence-corrected chi connectivity index (χ1v) is 18.2. The summed E-state index contributed by atoms with van der Waals surface area (Å²) in [6.07, 6.45) is 2.48. The van der Waals surface area contributed by atoms with Crippen molar-refractivity contribution in [3.63, 3.8) is 0 Å². The number of hydrogen-bond donors (Lipinski definition) is 2. The molecule has 0 aliphatic carbocycles. The SMILES string of the molecule is COCCCOc1cc(C[C@@H](CC2C(C[C@H](C(=O)NCC(C)(C)C(N)=O)C(C)C)OCN2C(=O)OCOC(=O)c2ccccn2)C(C)C)ccc1OC. The van der Waals surface area contributed by atoms with Crippen LogP contribution in [0.25, 0.3) is 0 Å². The minimum absolute atomic E-state index is 0.0684. The van der Waals surface area contributed by atoms with E-state index >= 15 is 0 Å². The lowest BCUT2D eigenvalue weighted by Gasteiger charge is -2.33. The van der Waals surface area contributed by atoms with Gasteiger partial charge in [0.2, 0.25) is 18.6 Å².